The summed E-state index contributed by atoms with van der Waals surface area (Å²) in [5, 5.41) is 6.55. The Hall–Kier alpha value is -1.36. The first-order valence-corrected chi connectivity index (χ1v) is 7.16. The van der Waals surface area contributed by atoms with E-state index in [0.29, 0.717) is 35.9 Å². The van der Waals surface area contributed by atoms with E-state index in [0.717, 1.165) is 31.5 Å². The van der Waals surface area contributed by atoms with Gasteiger partial charge in [0.1, 0.15) is 16.8 Å². The Kier molecular flexibility index (Phi) is 3.55. The predicted octanol–water partition coefficient (Wildman–Crippen LogP) is 2.09. The molecule has 0 atom stereocenters. The van der Waals surface area contributed by atoms with Crippen LogP contribution in [0.4, 0.5) is 5.82 Å². The predicted molar refractivity (Wildman–Crippen MR) is 73.3 cm³/mol. The van der Waals surface area contributed by atoms with E-state index in [1.165, 1.54) is 0 Å². The summed E-state index contributed by atoms with van der Waals surface area (Å²) >= 11 is 5.97. The molecule has 19 heavy (non-hydrogen) atoms. The lowest BCUT2D eigenvalue weighted by Crippen LogP contribution is -2.27. The van der Waals surface area contributed by atoms with Gasteiger partial charge >= 0.3 is 0 Å². The summed E-state index contributed by atoms with van der Waals surface area (Å²) in [5.74, 6) is 2.09. The van der Waals surface area contributed by atoms with Gasteiger partial charge in [0, 0.05) is 31.0 Å². The van der Waals surface area contributed by atoms with Gasteiger partial charge in [-0.15, -0.1) is 0 Å². The molecule has 0 saturated heterocycles. The highest BCUT2D eigenvalue weighted by atomic mass is 35.5. The van der Waals surface area contributed by atoms with Crippen molar-refractivity contribution in [3.8, 4) is 0 Å². The lowest BCUT2D eigenvalue weighted by molar-refractivity contribution is -0.120. The number of aromatic nitrogens is 2. The van der Waals surface area contributed by atoms with E-state index in [1.807, 2.05) is 0 Å². The first-order chi connectivity index (χ1) is 9.20. The van der Waals surface area contributed by atoms with Gasteiger partial charge in [0.2, 0.25) is 5.91 Å². The molecule has 2 aliphatic carbocycles. The van der Waals surface area contributed by atoms with Gasteiger partial charge < -0.3 is 10.6 Å². The number of rotatable bonds is 6. The summed E-state index contributed by atoms with van der Waals surface area (Å²) in [6.07, 6.45) is 4.97. The number of hydrogen-bond acceptors (Lipinski definition) is 4. The number of carbonyl (C=O) groups excluding carboxylic acids is 1. The van der Waals surface area contributed by atoms with Crippen molar-refractivity contribution < 1.29 is 4.79 Å². The highest BCUT2D eigenvalue weighted by Gasteiger charge is 2.27. The zero-order valence-corrected chi connectivity index (χ0v) is 11.4. The minimum atomic E-state index is 0.0950. The van der Waals surface area contributed by atoms with E-state index in [4.69, 9.17) is 11.6 Å². The summed E-state index contributed by atoms with van der Waals surface area (Å²) in [4.78, 5) is 20.2. The molecule has 3 rings (SSSR count). The van der Waals surface area contributed by atoms with E-state index in [9.17, 15) is 4.79 Å². The standard InChI is InChI=1S/C13H17ClN4O/c14-10-7-11(18-13(17-10)8-1-2-8)15-6-5-12(19)16-9-3-4-9/h7-9H,1-6H2,(H,16,19)(H,15,17,18). The van der Waals surface area contributed by atoms with Crippen LogP contribution in [0.25, 0.3) is 0 Å². The maximum absolute atomic E-state index is 11.5. The third kappa shape index (κ3) is 3.80. The molecule has 5 nitrogen and oxygen atoms in total. The SMILES string of the molecule is O=C(CCNc1cc(Cl)nc(C2CC2)n1)NC1CC1. The van der Waals surface area contributed by atoms with Crippen molar-refractivity contribution in [3.05, 3.63) is 17.0 Å². The Morgan fingerprint density at radius 2 is 2.11 bits per heavy atom. The van der Waals surface area contributed by atoms with Gasteiger partial charge in [-0.2, -0.15) is 0 Å². The van der Waals surface area contributed by atoms with Crippen LogP contribution in [0.5, 0.6) is 0 Å². The Morgan fingerprint density at radius 1 is 1.32 bits per heavy atom. The summed E-state index contributed by atoms with van der Waals surface area (Å²) in [6.45, 7) is 0.565. The second-order valence-electron chi connectivity index (χ2n) is 5.23. The molecular weight excluding hydrogens is 264 g/mol. The highest BCUT2D eigenvalue weighted by Crippen LogP contribution is 2.38. The average molecular weight is 281 g/mol. The number of amides is 1. The van der Waals surface area contributed by atoms with Crippen LogP contribution in [0.2, 0.25) is 5.15 Å². The second-order valence-corrected chi connectivity index (χ2v) is 5.61. The van der Waals surface area contributed by atoms with Crippen molar-refractivity contribution in [2.45, 2.75) is 44.1 Å². The molecule has 0 aromatic carbocycles. The molecule has 0 bridgehead atoms. The molecule has 0 spiro atoms. The number of nitrogens with zero attached hydrogens (tertiary/aromatic N) is 2. The number of halogens is 1. The van der Waals surface area contributed by atoms with Crippen LogP contribution in [0.15, 0.2) is 6.07 Å². The second kappa shape index (κ2) is 5.33. The van der Waals surface area contributed by atoms with Gasteiger partial charge in [-0.1, -0.05) is 11.6 Å². The fourth-order valence-corrected chi connectivity index (χ4v) is 2.07. The van der Waals surface area contributed by atoms with E-state index >= 15 is 0 Å². The molecule has 2 N–H and O–H groups in total. The minimum Gasteiger partial charge on any atom is -0.369 e. The van der Waals surface area contributed by atoms with Crippen LogP contribution in [0, 0.1) is 0 Å². The minimum absolute atomic E-state index is 0.0950. The zero-order chi connectivity index (χ0) is 13.2. The summed E-state index contributed by atoms with van der Waals surface area (Å²) < 4.78 is 0. The van der Waals surface area contributed by atoms with Gasteiger partial charge in [0.05, 0.1) is 0 Å². The third-order valence-electron chi connectivity index (χ3n) is 3.26. The molecule has 1 aromatic rings. The van der Waals surface area contributed by atoms with Crippen molar-refractivity contribution in [1.82, 2.24) is 15.3 Å². The number of hydrogen-bond donors (Lipinski definition) is 2. The van der Waals surface area contributed by atoms with Crippen LogP contribution < -0.4 is 10.6 Å². The topological polar surface area (TPSA) is 66.9 Å². The molecular formula is C13H17ClN4O. The summed E-state index contributed by atoms with van der Waals surface area (Å²) in [7, 11) is 0. The van der Waals surface area contributed by atoms with Crippen LogP contribution >= 0.6 is 11.6 Å². The zero-order valence-electron chi connectivity index (χ0n) is 10.7. The van der Waals surface area contributed by atoms with E-state index in [2.05, 4.69) is 20.6 Å². The van der Waals surface area contributed by atoms with Crippen LogP contribution in [-0.4, -0.2) is 28.5 Å². The average Bonchev–Trinajstić information content (AvgIpc) is 3.23. The molecule has 2 fully saturated rings. The number of nitrogens with one attached hydrogen (secondary N) is 2. The summed E-state index contributed by atoms with van der Waals surface area (Å²) in [6, 6.07) is 2.12. The van der Waals surface area contributed by atoms with Gasteiger partial charge in [0.25, 0.3) is 0 Å². The lowest BCUT2D eigenvalue weighted by Gasteiger charge is -2.07. The maximum atomic E-state index is 11.5. The molecule has 1 aromatic heterocycles. The molecule has 0 unspecified atom stereocenters. The van der Waals surface area contributed by atoms with E-state index in [-0.39, 0.29) is 5.91 Å². The van der Waals surface area contributed by atoms with Gasteiger partial charge in [-0.05, 0) is 25.7 Å². The fraction of sp³-hybridized carbons (Fsp3) is 0.615. The van der Waals surface area contributed by atoms with Crippen molar-refractivity contribution in [1.29, 1.82) is 0 Å². The van der Waals surface area contributed by atoms with Gasteiger partial charge in [0.15, 0.2) is 0 Å². The Balaban J connectivity index is 1.49. The van der Waals surface area contributed by atoms with Crippen molar-refractivity contribution in [2.24, 2.45) is 0 Å². The molecule has 0 radical (unpaired) electrons. The molecule has 6 heteroatoms. The maximum Gasteiger partial charge on any atom is 0.221 e. The molecule has 1 heterocycles. The lowest BCUT2D eigenvalue weighted by atomic mass is 10.3. The molecule has 102 valence electrons. The molecule has 0 aliphatic heterocycles. The van der Waals surface area contributed by atoms with Crippen molar-refractivity contribution in [2.75, 3.05) is 11.9 Å². The van der Waals surface area contributed by atoms with Crippen LogP contribution in [0.3, 0.4) is 0 Å². The first kappa shape index (κ1) is 12.7. The van der Waals surface area contributed by atoms with Crippen LogP contribution in [0.1, 0.15) is 43.8 Å². The van der Waals surface area contributed by atoms with Crippen molar-refractivity contribution in [3.63, 3.8) is 0 Å². The Bertz CT molecular complexity index is 486. The van der Waals surface area contributed by atoms with Crippen molar-refractivity contribution >= 4 is 23.3 Å². The third-order valence-corrected chi connectivity index (χ3v) is 3.45. The first-order valence-electron chi connectivity index (χ1n) is 6.78. The smallest absolute Gasteiger partial charge is 0.221 e. The largest absolute Gasteiger partial charge is 0.369 e. The molecule has 2 saturated carbocycles. The van der Waals surface area contributed by atoms with E-state index in [1.54, 1.807) is 6.07 Å². The normalized spacial score (nSPS) is 18.2. The van der Waals surface area contributed by atoms with Gasteiger partial charge in [-0.25, -0.2) is 9.97 Å². The number of anilines is 1. The Morgan fingerprint density at radius 3 is 2.79 bits per heavy atom. The monoisotopic (exact) mass is 280 g/mol. The summed E-state index contributed by atoms with van der Waals surface area (Å²) in [5.41, 5.74) is 0. The van der Waals surface area contributed by atoms with Crippen LogP contribution in [-0.2, 0) is 4.79 Å². The molecule has 1 amide bonds. The van der Waals surface area contributed by atoms with E-state index < -0.39 is 0 Å². The fourth-order valence-electron chi connectivity index (χ4n) is 1.88. The Labute approximate surface area is 117 Å². The number of carbonyl (C=O) groups is 1. The highest BCUT2D eigenvalue weighted by molar-refractivity contribution is 6.29. The molecule has 2 aliphatic rings. The van der Waals surface area contributed by atoms with Gasteiger partial charge in [-0.3, -0.25) is 4.79 Å². The quantitative estimate of drug-likeness (QED) is 0.783.